The summed E-state index contributed by atoms with van der Waals surface area (Å²) in [6.45, 7) is 8.85. The van der Waals surface area contributed by atoms with Crippen LogP contribution in [0, 0.1) is 5.92 Å². The molecule has 0 bridgehead atoms. The first-order valence-corrected chi connectivity index (χ1v) is 9.38. The third-order valence-electron chi connectivity index (χ3n) is 4.14. The molecule has 0 saturated carbocycles. The molecule has 1 saturated heterocycles. The van der Waals surface area contributed by atoms with E-state index in [1.807, 2.05) is 6.92 Å². The predicted octanol–water partition coefficient (Wildman–Crippen LogP) is 1.14. The normalized spacial score (nSPS) is 21.8. The molecule has 2 atom stereocenters. The summed E-state index contributed by atoms with van der Waals surface area (Å²) in [6, 6.07) is 0.166. The lowest BCUT2D eigenvalue weighted by Gasteiger charge is -2.38. The van der Waals surface area contributed by atoms with E-state index >= 15 is 0 Å². The van der Waals surface area contributed by atoms with Gasteiger partial charge in [-0.1, -0.05) is 27.2 Å². The van der Waals surface area contributed by atoms with E-state index in [0.717, 1.165) is 32.4 Å². The lowest BCUT2D eigenvalue weighted by atomic mass is 10.1. The highest BCUT2D eigenvalue weighted by Crippen LogP contribution is 2.16. The second-order valence-electron chi connectivity index (χ2n) is 5.85. The van der Waals surface area contributed by atoms with Crippen LogP contribution in [0.5, 0.6) is 0 Å². The molecule has 0 aromatic rings. The Morgan fingerprint density at radius 1 is 1.15 bits per heavy atom. The zero-order valence-corrected chi connectivity index (χ0v) is 13.9. The second kappa shape index (κ2) is 8.32. The van der Waals surface area contributed by atoms with Crippen molar-refractivity contribution in [1.29, 1.82) is 0 Å². The van der Waals surface area contributed by atoms with Gasteiger partial charge in [0.05, 0.1) is 12.4 Å². The Morgan fingerprint density at radius 2 is 1.75 bits per heavy atom. The van der Waals surface area contributed by atoms with Gasteiger partial charge in [-0.2, -0.15) is 4.31 Å². The molecule has 6 heteroatoms. The molecular weight excluding hydrogens is 276 g/mol. The zero-order valence-electron chi connectivity index (χ0n) is 13.1. The first-order chi connectivity index (χ1) is 9.44. The van der Waals surface area contributed by atoms with Crippen molar-refractivity contribution in [1.82, 2.24) is 9.21 Å². The van der Waals surface area contributed by atoms with Crippen molar-refractivity contribution in [3.63, 3.8) is 0 Å². The smallest absolute Gasteiger partial charge is 0.214 e. The summed E-state index contributed by atoms with van der Waals surface area (Å²) < 4.78 is 26.3. The van der Waals surface area contributed by atoms with Gasteiger partial charge in [0.2, 0.25) is 10.0 Å². The number of nitrogens with zero attached hydrogens (tertiary/aromatic N) is 2. The average molecular weight is 306 g/mol. The van der Waals surface area contributed by atoms with Crippen molar-refractivity contribution in [2.75, 3.05) is 38.5 Å². The Bertz CT molecular complexity index is 361. The molecular formula is C14H30N2O3S. The summed E-state index contributed by atoms with van der Waals surface area (Å²) in [4.78, 5) is 2.20. The van der Waals surface area contributed by atoms with Gasteiger partial charge in [0.15, 0.2) is 0 Å². The molecule has 0 aromatic heterocycles. The van der Waals surface area contributed by atoms with E-state index in [2.05, 4.69) is 18.7 Å². The summed E-state index contributed by atoms with van der Waals surface area (Å²) in [5.41, 5.74) is 0. The van der Waals surface area contributed by atoms with E-state index < -0.39 is 10.0 Å². The highest BCUT2D eigenvalue weighted by Gasteiger charge is 2.29. The van der Waals surface area contributed by atoms with Crippen molar-refractivity contribution >= 4 is 10.0 Å². The maximum Gasteiger partial charge on any atom is 0.214 e. The molecule has 120 valence electrons. The fourth-order valence-corrected chi connectivity index (χ4v) is 4.71. The van der Waals surface area contributed by atoms with E-state index in [-0.39, 0.29) is 24.3 Å². The van der Waals surface area contributed by atoms with Crippen molar-refractivity contribution < 1.29 is 13.5 Å². The monoisotopic (exact) mass is 306 g/mol. The van der Waals surface area contributed by atoms with Crippen LogP contribution in [-0.2, 0) is 10.0 Å². The fourth-order valence-electron chi connectivity index (χ4n) is 2.89. The van der Waals surface area contributed by atoms with Gasteiger partial charge in [-0.15, -0.1) is 0 Å². The largest absolute Gasteiger partial charge is 0.395 e. The second-order valence-corrected chi connectivity index (χ2v) is 7.87. The first kappa shape index (κ1) is 17.9. The molecule has 0 aromatic carbocycles. The Hall–Kier alpha value is -0.170. The molecule has 1 N–H and O–H groups in total. The molecule has 0 radical (unpaired) electrons. The zero-order chi connectivity index (χ0) is 15.2. The van der Waals surface area contributed by atoms with Gasteiger partial charge in [-0.25, -0.2) is 8.42 Å². The Labute approximate surface area is 124 Å². The van der Waals surface area contributed by atoms with Gasteiger partial charge in [0.25, 0.3) is 0 Å². The van der Waals surface area contributed by atoms with E-state index in [0.29, 0.717) is 13.1 Å². The molecule has 1 fully saturated rings. The first-order valence-electron chi connectivity index (χ1n) is 7.77. The molecule has 0 spiro atoms. The minimum absolute atomic E-state index is 0.150. The van der Waals surface area contributed by atoms with E-state index in [9.17, 15) is 13.5 Å². The quantitative estimate of drug-likeness (QED) is 0.730. The lowest BCUT2D eigenvalue weighted by Crippen LogP contribution is -2.53. The van der Waals surface area contributed by atoms with E-state index in [1.165, 1.54) is 0 Å². The van der Waals surface area contributed by atoms with Gasteiger partial charge < -0.3 is 5.11 Å². The van der Waals surface area contributed by atoms with Crippen LogP contribution in [0.2, 0.25) is 0 Å². The molecule has 2 unspecified atom stereocenters. The number of hydrogen-bond donors (Lipinski definition) is 1. The number of aliphatic hydroxyl groups excluding tert-OH is 1. The topological polar surface area (TPSA) is 60.9 Å². The number of sulfonamides is 1. The standard InChI is InChI=1S/C14H30N2O3S/c1-4-6-13(3)12-20(18,19)16-9-7-15(8-10-16)14(5-2)11-17/h13-14,17H,4-12H2,1-3H3. The molecule has 20 heavy (non-hydrogen) atoms. The van der Waals surface area contributed by atoms with Crippen LogP contribution in [0.15, 0.2) is 0 Å². The SMILES string of the molecule is CCCC(C)CS(=O)(=O)N1CCN(C(CC)CO)CC1. The molecule has 0 amide bonds. The number of hydrogen-bond acceptors (Lipinski definition) is 4. The summed E-state index contributed by atoms with van der Waals surface area (Å²) in [5.74, 6) is 0.488. The number of aliphatic hydroxyl groups is 1. The van der Waals surface area contributed by atoms with Crippen molar-refractivity contribution in [3.05, 3.63) is 0 Å². The van der Waals surface area contributed by atoms with Gasteiger partial charge in [-0.05, 0) is 18.8 Å². The summed E-state index contributed by atoms with van der Waals surface area (Å²) in [5, 5.41) is 9.31. The van der Waals surface area contributed by atoms with Gasteiger partial charge >= 0.3 is 0 Å². The molecule has 1 aliphatic heterocycles. The Balaban J connectivity index is 2.51. The third kappa shape index (κ3) is 4.98. The maximum absolute atomic E-state index is 12.3. The summed E-state index contributed by atoms with van der Waals surface area (Å²) >= 11 is 0. The van der Waals surface area contributed by atoms with Crippen LogP contribution in [0.4, 0.5) is 0 Å². The minimum atomic E-state index is -3.12. The van der Waals surface area contributed by atoms with E-state index in [1.54, 1.807) is 4.31 Å². The van der Waals surface area contributed by atoms with Crippen molar-refractivity contribution in [3.8, 4) is 0 Å². The number of rotatable bonds is 8. The van der Waals surface area contributed by atoms with Crippen LogP contribution in [0.25, 0.3) is 0 Å². The van der Waals surface area contributed by atoms with Gasteiger partial charge in [0, 0.05) is 32.2 Å². The minimum Gasteiger partial charge on any atom is -0.395 e. The Morgan fingerprint density at radius 3 is 2.20 bits per heavy atom. The van der Waals surface area contributed by atoms with Gasteiger partial charge in [-0.3, -0.25) is 4.90 Å². The van der Waals surface area contributed by atoms with Crippen LogP contribution < -0.4 is 0 Å². The number of piperazine rings is 1. The van der Waals surface area contributed by atoms with Crippen LogP contribution in [-0.4, -0.2) is 67.3 Å². The average Bonchev–Trinajstić information content (AvgIpc) is 2.40. The highest BCUT2D eigenvalue weighted by atomic mass is 32.2. The summed E-state index contributed by atoms with van der Waals surface area (Å²) in [7, 11) is -3.12. The lowest BCUT2D eigenvalue weighted by molar-refractivity contribution is 0.0880. The van der Waals surface area contributed by atoms with Crippen LogP contribution in [0.3, 0.4) is 0 Å². The predicted molar refractivity (Wildman–Crippen MR) is 82.2 cm³/mol. The van der Waals surface area contributed by atoms with Crippen molar-refractivity contribution in [2.24, 2.45) is 5.92 Å². The highest BCUT2D eigenvalue weighted by molar-refractivity contribution is 7.89. The fraction of sp³-hybridized carbons (Fsp3) is 1.00. The third-order valence-corrected chi connectivity index (χ3v) is 6.28. The Kier molecular flexibility index (Phi) is 7.43. The van der Waals surface area contributed by atoms with Crippen LogP contribution >= 0.6 is 0 Å². The molecule has 1 heterocycles. The molecule has 0 aliphatic carbocycles. The van der Waals surface area contributed by atoms with Gasteiger partial charge in [0.1, 0.15) is 0 Å². The van der Waals surface area contributed by atoms with Crippen molar-refractivity contribution in [2.45, 2.75) is 46.1 Å². The molecule has 1 rings (SSSR count). The molecule has 5 nitrogen and oxygen atoms in total. The maximum atomic E-state index is 12.3. The summed E-state index contributed by atoms with van der Waals surface area (Å²) in [6.07, 6.45) is 2.89. The van der Waals surface area contributed by atoms with E-state index in [4.69, 9.17) is 0 Å². The molecule has 1 aliphatic rings. The van der Waals surface area contributed by atoms with Crippen LogP contribution in [0.1, 0.15) is 40.0 Å².